The van der Waals surface area contributed by atoms with Crippen LogP contribution in [0, 0.1) is 5.41 Å². The largest absolute Gasteiger partial charge is 0.495 e. The number of carbonyl (C=O) groups excluding carboxylic acids is 2. The summed E-state index contributed by atoms with van der Waals surface area (Å²) in [5, 5.41) is 5.52. The Morgan fingerprint density at radius 3 is 2.41 bits per heavy atom. The molecule has 0 spiro atoms. The molecule has 122 valence electrons. The average Bonchev–Trinajstić information content (AvgIpc) is 2.47. The van der Waals surface area contributed by atoms with Gasteiger partial charge in [-0.1, -0.05) is 12.1 Å². The average molecular weight is 307 g/mol. The van der Waals surface area contributed by atoms with E-state index < -0.39 is 5.41 Å². The molecule has 1 rings (SSSR count). The Morgan fingerprint density at radius 2 is 1.82 bits per heavy atom. The summed E-state index contributed by atoms with van der Waals surface area (Å²) >= 11 is 0. The van der Waals surface area contributed by atoms with E-state index in [1.807, 2.05) is 25.1 Å². The van der Waals surface area contributed by atoms with Crippen molar-refractivity contribution in [1.82, 2.24) is 10.2 Å². The number of para-hydroxylation sites is 2. The molecule has 0 aromatic heterocycles. The van der Waals surface area contributed by atoms with Crippen molar-refractivity contribution < 1.29 is 14.3 Å². The molecule has 0 heterocycles. The summed E-state index contributed by atoms with van der Waals surface area (Å²) < 4.78 is 5.19. The lowest BCUT2D eigenvalue weighted by atomic mass is 9.91. The summed E-state index contributed by atoms with van der Waals surface area (Å²) in [6.07, 6.45) is 0. The van der Waals surface area contributed by atoms with Crippen molar-refractivity contribution in [3.63, 3.8) is 0 Å². The molecule has 0 fully saturated rings. The van der Waals surface area contributed by atoms with Crippen LogP contribution >= 0.6 is 0 Å². The SMILES string of the molecule is COc1ccccc1NC(=O)C(C)(C)C(=O)NCCN(C)C. The van der Waals surface area contributed by atoms with Crippen molar-refractivity contribution >= 4 is 17.5 Å². The van der Waals surface area contributed by atoms with Gasteiger partial charge in [0.05, 0.1) is 12.8 Å². The molecule has 0 aliphatic carbocycles. The first-order valence-corrected chi connectivity index (χ1v) is 7.16. The van der Waals surface area contributed by atoms with Crippen molar-refractivity contribution in [3.05, 3.63) is 24.3 Å². The highest BCUT2D eigenvalue weighted by atomic mass is 16.5. The van der Waals surface area contributed by atoms with E-state index in [2.05, 4.69) is 10.6 Å². The zero-order valence-corrected chi connectivity index (χ0v) is 13.9. The minimum absolute atomic E-state index is 0.304. The molecule has 0 bridgehead atoms. The molecule has 0 unspecified atom stereocenters. The predicted molar refractivity (Wildman–Crippen MR) is 87.0 cm³/mol. The fraction of sp³-hybridized carbons (Fsp3) is 0.500. The van der Waals surface area contributed by atoms with Gasteiger partial charge in [0.25, 0.3) is 0 Å². The fourth-order valence-corrected chi connectivity index (χ4v) is 1.74. The van der Waals surface area contributed by atoms with Crippen molar-refractivity contribution in [3.8, 4) is 5.75 Å². The van der Waals surface area contributed by atoms with E-state index in [1.54, 1.807) is 32.0 Å². The van der Waals surface area contributed by atoms with Crippen LogP contribution in [-0.2, 0) is 9.59 Å². The monoisotopic (exact) mass is 307 g/mol. The van der Waals surface area contributed by atoms with Crippen molar-refractivity contribution in [1.29, 1.82) is 0 Å². The number of carbonyl (C=O) groups is 2. The summed E-state index contributed by atoms with van der Waals surface area (Å²) in [6.45, 7) is 4.42. The van der Waals surface area contributed by atoms with Crippen LogP contribution in [0.15, 0.2) is 24.3 Å². The van der Waals surface area contributed by atoms with Crippen LogP contribution in [0.5, 0.6) is 5.75 Å². The van der Waals surface area contributed by atoms with Crippen LogP contribution in [-0.4, -0.2) is 51.0 Å². The minimum atomic E-state index is -1.17. The fourth-order valence-electron chi connectivity index (χ4n) is 1.74. The van der Waals surface area contributed by atoms with E-state index in [4.69, 9.17) is 4.74 Å². The highest BCUT2D eigenvalue weighted by Crippen LogP contribution is 2.26. The molecular formula is C16H25N3O3. The van der Waals surface area contributed by atoms with Gasteiger partial charge in [0.2, 0.25) is 11.8 Å². The molecule has 0 aliphatic rings. The van der Waals surface area contributed by atoms with E-state index >= 15 is 0 Å². The number of likely N-dealkylation sites (N-methyl/N-ethyl adjacent to an activating group) is 1. The second-order valence-electron chi connectivity index (χ2n) is 5.84. The van der Waals surface area contributed by atoms with Gasteiger partial charge < -0.3 is 20.3 Å². The van der Waals surface area contributed by atoms with Crippen LogP contribution in [0.2, 0.25) is 0 Å². The van der Waals surface area contributed by atoms with Gasteiger partial charge in [-0.25, -0.2) is 0 Å². The number of benzene rings is 1. The number of amides is 2. The maximum Gasteiger partial charge on any atom is 0.239 e. The Bertz CT molecular complexity index is 527. The lowest BCUT2D eigenvalue weighted by Gasteiger charge is -2.23. The number of ether oxygens (including phenoxy) is 1. The van der Waals surface area contributed by atoms with Crippen LogP contribution in [0.3, 0.4) is 0 Å². The lowest BCUT2D eigenvalue weighted by molar-refractivity contribution is -0.138. The maximum absolute atomic E-state index is 12.4. The molecule has 1 aromatic rings. The number of methoxy groups -OCH3 is 1. The van der Waals surface area contributed by atoms with E-state index in [1.165, 1.54) is 7.11 Å². The zero-order chi connectivity index (χ0) is 16.8. The lowest BCUT2D eigenvalue weighted by Crippen LogP contribution is -2.46. The molecule has 0 saturated heterocycles. The number of hydrogen-bond donors (Lipinski definition) is 2. The van der Waals surface area contributed by atoms with Gasteiger partial charge in [-0.05, 0) is 40.1 Å². The Hall–Kier alpha value is -2.08. The Morgan fingerprint density at radius 1 is 1.18 bits per heavy atom. The Labute approximate surface area is 131 Å². The molecule has 0 saturated carbocycles. The molecule has 6 nitrogen and oxygen atoms in total. The maximum atomic E-state index is 12.4. The predicted octanol–water partition coefficient (Wildman–Crippen LogP) is 1.34. The molecule has 2 N–H and O–H groups in total. The van der Waals surface area contributed by atoms with Crippen LogP contribution in [0.25, 0.3) is 0 Å². The summed E-state index contributed by atoms with van der Waals surface area (Å²) in [5.41, 5.74) is -0.628. The minimum Gasteiger partial charge on any atom is -0.495 e. The molecule has 1 aromatic carbocycles. The van der Waals surface area contributed by atoms with Crippen molar-refractivity contribution in [2.75, 3.05) is 39.6 Å². The number of rotatable bonds is 7. The second-order valence-corrected chi connectivity index (χ2v) is 5.84. The normalized spacial score (nSPS) is 11.2. The first-order chi connectivity index (χ1) is 10.3. The molecule has 2 amide bonds. The quantitative estimate of drug-likeness (QED) is 0.746. The van der Waals surface area contributed by atoms with Gasteiger partial charge in [-0.2, -0.15) is 0 Å². The first-order valence-electron chi connectivity index (χ1n) is 7.16. The van der Waals surface area contributed by atoms with E-state index in [0.29, 0.717) is 18.0 Å². The van der Waals surface area contributed by atoms with Crippen molar-refractivity contribution in [2.45, 2.75) is 13.8 Å². The van der Waals surface area contributed by atoms with Gasteiger partial charge in [-0.15, -0.1) is 0 Å². The van der Waals surface area contributed by atoms with E-state index in [9.17, 15) is 9.59 Å². The summed E-state index contributed by atoms with van der Waals surface area (Å²) in [5.74, 6) is -0.124. The molecule has 0 radical (unpaired) electrons. The van der Waals surface area contributed by atoms with E-state index in [-0.39, 0.29) is 11.8 Å². The number of hydrogen-bond acceptors (Lipinski definition) is 4. The van der Waals surface area contributed by atoms with Gasteiger partial charge in [0.1, 0.15) is 11.2 Å². The number of nitrogens with zero attached hydrogens (tertiary/aromatic N) is 1. The summed E-state index contributed by atoms with van der Waals surface area (Å²) in [6, 6.07) is 7.09. The van der Waals surface area contributed by atoms with Gasteiger partial charge in [0.15, 0.2) is 0 Å². The van der Waals surface area contributed by atoms with Gasteiger partial charge >= 0.3 is 0 Å². The molecule has 0 aliphatic heterocycles. The molecular weight excluding hydrogens is 282 g/mol. The van der Waals surface area contributed by atoms with Gasteiger partial charge in [0, 0.05) is 13.1 Å². The smallest absolute Gasteiger partial charge is 0.239 e. The third-order valence-corrected chi connectivity index (χ3v) is 3.34. The topological polar surface area (TPSA) is 70.7 Å². The zero-order valence-electron chi connectivity index (χ0n) is 13.9. The Balaban J connectivity index is 2.71. The molecule has 22 heavy (non-hydrogen) atoms. The number of nitrogens with one attached hydrogen (secondary N) is 2. The van der Waals surface area contributed by atoms with Crippen LogP contribution in [0.1, 0.15) is 13.8 Å². The van der Waals surface area contributed by atoms with Crippen LogP contribution in [0.4, 0.5) is 5.69 Å². The van der Waals surface area contributed by atoms with Crippen LogP contribution < -0.4 is 15.4 Å². The third-order valence-electron chi connectivity index (χ3n) is 3.34. The van der Waals surface area contributed by atoms with Crippen molar-refractivity contribution in [2.24, 2.45) is 5.41 Å². The standard InChI is InChI=1S/C16H25N3O3/c1-16(2,14(20)17-10-11-19(3)4)15(21)18-12-8-6-7-9-13(12)22-5/h6-9H,10-11H2,1-5H3,(H,17,20)(H,18,21). The second kappa shape index (κ2) is 7.79. The highest BCUT2D eigenvalue weighted by molar-refractivity contribution is 6.10. The summed E-state index contributed by atoms with van der Waals surface area (Å²) in [7, 11) is 5.38. The van der Waals surface area contributed by atoms with Gasteiger partial charge in [-0.3, -0.25) is 9.59 Å². The summed E-state index contributed by atoms with van der Waals surface area (Å²) in [4.78, 5) is 26.6. The number of anilines is 1. The molecule has 6 heteroatoms. The van der Waals surface area contributed by atoms with E-state index in [0.717, 1.165) is 6.54 Å². The first kappa shape index (κ1) is 18.0. The molecule has 0 atom stereocenters. The highest BCUT2D eigenvalue weighted by Gasteiger charge is 2.36. The Kier molecular flexibility index (Phi) is 6.37. The third kappa shape index (κ3) is 4.73.